The second-order valence-electron chi connectivity index (χ2n) is 3.00. The van der Waals surface area contributed by atoms with Crippen LogP contribution in [0.25, 0.3) is 0 Å². The second kappa shape index (κ2) is 4.67. The smallest absolute Gasteiger partial charge is 0.165 e. The quantitative estimate of drug-likeness (QED) is 0.800. The van der Waals surface area contributed by atoms with Crippen molar-refractivity contribution in [3.63, 3.8) is 0 Å². The van der Waals surface area contributed by atoms with Gasteiger partial charge in [-0.3, -0.25) is 0 Å². The molecule has 0 amide bonds. The Morgan fingerprint density at radius 2 is 2.40 bits per heavy atom. The highest BCUT2D eigenvalue weighted by Gasteiger charge is 1.98. The van der Waals surface area contributed by atoms with Gasteiger partial charge in [0.15, 0.2) is 5.16 Å². The number of H-pyrrole nitrogens is 1. The maximum atomic E-state index is 8.74. The maximum Gasteiger partial charge on any atom is 0.165 e. The molecule has 0 aliphatic rings. The summed E-state index contributed by atoms with van der Waals surface area (Å²) in [6.45, 7) is 0. The van der Waals surface area contributed by atoms with Crippen LogP contribution >= 0.6 is 11.8 Å². The van der Waals surface area contributed by atoms with Crippen molar-refractivity contribution < 1.29 is 0 Å². The van der Waals surface area contributed by atoms with Gasteiger partial charge in [0.05, 0.1) is 11.6 Å². The summed E-state index contributed by atoms with van der Waals surface area (Å²) in [6, 6.07) is 9.74. The molecule has 1 heterocycles. The van der Waals surface area contributed by atoms with E-state index in [1.807, 2.05) is 18.2 Å². The van der Waals surface area contributed by atoms with Crippen LogP contribution in [0.2, 0.25) is 0 Å². The normalized spacial score (nSPS) is 9.80. The third kappa shape index (κ3) is 2.61. The molecule has 1 aromatic heterocycles. The Kier molecular flexibility index (Phi) is 3.05. The number of hydrogen-bond acceptors (Lipinski definition) is 3. The van der Waals surface area contributed by atoms with Crippen molar-refractivity contribution in [2.24, 2.45) is 0 Å². The number of benzene rings is 1. The van der Waals surface area contributed by atoms with E-state index in [-0.39, 0.29) is 0 Å². The number of thioether (sulfide) groups is 1. The third-order valence-electron chi connectivity index (χ3n) is 1.90. The minimum Gasteiger partial charge on any atom is -0.340 e. The van der Waals surface area contributed by atoms with Gasteiger partial charge in [0.2, 0.25) is 0 Å². The summed E-state index contributed by atoms with van der Waals surface area (Å²) in [6.07, 6.45) is 3.53. The van der Waals surface area contributed by atoms with Crippen LogP contribution in [0.1, 0.15) is 11.1 Å². The Hall–Kier alpha value is -1.73. The zero-order valence-electron chi connectivity index (χ0n) is 7.97. The fourth-order valence-electron chi connectivity index (χ4n) is 1.21. The molecule has 0 saturated heterocycles. The molecule has 3 nitrogen and oxygen atoms in total. The number of imidazole rings is 1. The molecular weight excluding hydrogens is 206 g/mol. The van der Waals surface area contributed by atoms with Gasteiger partial charge in [-0.15, -0.1) is 0 Å². The molecule has 2 aromatic rings. The Morgan fingerprint density at radius 1 is 1.47 bits per heavy atom. The van der Waals surface area contributed by atoms with Crippen molar-refractivity contribution in [1.29, 1.82) is 5.26 Å². The van der Waals surface area contributed by atoms with Gasteiger partial charge in [0, 0.05) is 18.1 Å². The molecular formula is C11H9N3S. The van der Waals surface area contributed by atoms with Crippen molar-refractivity contribution in [2.45, 2.75) is 10.9 Å². The van der Waals surface area contributed by atoms with E-state index >= 15 is 0 Å². The second-order valence-corrected chi connectivity index (χ2v) is 3.96. The lowest BCUT2D eigenvalue weighted by Crippen LogP contribution is -1.83. The Morgan fingerprint density at radius 3 is 3.13 bits per heavy atom. The molecule has 1 N–H and O–H groups in total. The van der Waals surface area contributed by atoms with E-state index in [0.717, 1.165) is 16.5 Å². The van der Waals surface area contributed by atoms with E-state index in [0.29, 0.717) is 5.56 Å². The zero-order valence-corrected chi connectivity index (χ0v) is 8.79. The SMILES string of the molecule is N#Cc1cccc(CSc2ncc[nH]2)c1. The molecule has 0 aliphatic carbocycles. The number of nitrogens with one attached hydrogen (secondary N) is 1. The van der Waals surface area contributed by atoms with Crippen LogP contribution in [0.15, 0.2) is 41.8 Å². The van der Waals surface area contributed by atoms with E-state index in [1.54, 1.807) is 30.2 Å². The van der Waals surface area contributed by atoms with Gasteiger partial charge in [-0.05, 0) is 17.7 Å². The summed E-state index contributed by atoms with van der Waals surface area (Å²) in [5, 5.41) is 9.64. The van der Waals surface area contributed by atoms with Crippen molar-refractivity contribution in [2.75, 3.05) is 0 Å². The predicted molar refractivity (Wildman–Crippen MR) is 59.3 cm³/mol. The molecule has 0 aliphatic heterocycles. The topological polar surface area (TPSA) is 52.5 Å². The van der Waals surface area contributed by atoms with Crippen LogP contribution < -0.4 is 0 Å². The predicted octanol–water partition coefficient (Wildman–Crippen LogP) is 2.57. The van der Waals surface area contributed by atoms with Crippen molar-refractivity contribution in [1.82, 2.24) is 9.97 Å². The number of rotatable bonds is 3. The highest BCUT2D eigenvalue weighted by Crippen LogP contribution is 2.18. The summed E-state index contributed by atoms with van der Waals surface area (Å²) in [4.78, 5) is 7.14. The van der Waals surface area contributed by atoms with Gasteiger partial charge in [0.1, 0.15) is 0 Å². The summed E-state index contributed by atoms with van der Waals surface area (Å²) in [7, 11) is 0. The highest BCUT2D eigenvalue weighted by molar-refractivity contribution is 7.98. The average Bonchev–Trinajstić information content (AvgIpc) is 2.79. The zero-order chi connectivity index (χ0) is 10.5. The van der Waals surface area contributed by atoms with Gasteiger partial charge in [-0.1, -0.05) is 23.9 Å². The van der Waals surface area contributed by atoms with Crippen LogP contribution in [0.4, 0.5) is 0 Å². The maximum absolute atomic E-state index is 8.74. The number of nitrogens with zero attached hydrogens (tertiary/aromatic N) is 2. The van der Waals surface area contributed by atoms with E-state index in [4.69, 9.17) is 5.26 Å². The molecule has 4 heteroatoms. The summed E-state index contributed by atoms with van der Waals surface area (Å²) < 4.78 is 0. The number of hydrogen-bond donors (Lipinski definition) is 1. The largest absolute Gasteiger partial charge is 0.340 e. The minimum absolute atomic E-state index is 0.701. The fraction of sp³-hybridized carbons (Fsp3) is 0.0909. The van der Waals surface area contributed by atoms with E-state index in [1.165, 1.54) is 0 Å². The number of nitriles is 1. The molecule has 2 rings (SSSR count). The van der Waals surface area contributed by atoms with Gasteiger partial charge in [0.25, 0.3) is 0 Å². The Labute approximate surface area is 92.2 Å². The summed E-state index contributed by atoms with van der Waals surface area (Å²) >= 11 is 1.62. The third-order valence-corrected chi connectivity index (χ3v) is 2.88. The Balaban J connectivity index is 2.02. The molecule has 0 fully saturated rings. The molecule has 0 saturated carbocycles. The van der Waals surface area contributed by atoms with Crippen LogP contribution in [-0.4, -0.2) is 9.97 Å². The first-order valence-corrected chi connectivity index (χ1v) is 5.48. The van der Waals surface area contributed by atoms with Crippen LogP contribution in [0.5, 0.6) is 0 Å². The molecule has 0 radical (unpaired) electrons. The molecule has 74 valence electrons. The number of aromatic nitrogens is 2. The first-order chi connectivity index (χ1) is 7.38. The van der Waals surface area contributed by atoms with Crippen molar-refractivity contribution in [3.05, 3.63) is 47.8 Å². The standard InChI is InChI=1S/C11H9N3S/c12-7-9-2-1-3-10(6-9)8-15-11-13-4-5-14-11/h1-6H,8H2,(H,13,14). The van der Waals surface area contributed by atoms with Crippen LogP contribution in [0.3, 0.4) is 0 Å². The lowest BCUT2D eigenvalue weighted by atomic mass is 10.2. The van der Waals surface area contributed by atoms with Crippen LogP contribution in [0, 0.1) is 11.3 Å². The number of aromatic amines is 1. The first-order valence-electron chi connectivity index (χ1n) is 4.50. The Bertz CT molecular complexity index is 471. The van der Waals surface area contributed by atoms with Crippen molar-refractivity contribution in [3.8, 4) is 6.07 Å². The monoisotopic (exact) mass is 215 g/mol. The van der Waals surface area contributed by atoms with Crippen molar-refractivity contribution >= 4 is 11.8 Å². The molecule has 0 bridgehead atoms. The average molecular weight is 215 g/mol. The van der Waals surface area contributed by atoms with E-state index < -0.39 is 0 Å². The lowest BCUT2D eigenvalue weighted by molar-refractivity contribution is 1.06. The molecule has 0 spiro atoms. The lowest BCUT2D eigenvalue weighted by Gasteiger charge is -1.99. The molecule has 1 aromatic carbocycles. The van der Waals surface area contributed by atoms with Gasteiger partial charge in [-0.25, -0.2) is 4.98 Å². The molecule has 15 heavy (non-hydrogen) atoms. The van der Waals surface area contributed by atoms with E-state index in [2.05, 4.69) is 16.0 Å². The molecule has 0 unspecified atom stereocenters. The van der Waals surface area contributed by atoms with Crippen LogP contribution in [-0.2, 0) is 5.75 Å². The van der Waals surface area contributed by atoms with Gasteiger partial charge < -0.3 is 4.98 Å². The first kappa shape index (κ1) is 9.81. The minimum atomic E-state index is 0.701. The van der Waals surface area contributed by atoms with E-state index in [9.17, 15) is 0 Å². The summed E-state index contributed by atoms with van der Waals surface area (Å²) in [5.41, 5.74) is 1.84. The highest BCUT2D eigenvalue weighted by atomic mass is 32.2. The molecule has 0 atom stereocenters. The van der Waals surface area contributed by atoms with Gasteiger partial charge in [-0.2, -0.15) is 5.26 Å². The summed E-state index contributed by atoms with van der Waals surface area (Å²) in [5.74, 6) is 0.822. The fourth-order valence-corrected chi connectivity index (χ4v) is 1.98. The van der Waals surface area contributed by atoms with Gasteiger partial charge >= 0.3 is 0 Å².